The van der Waals surface area contributed by atoms with Crippen molar-refractivity contribution in [3.8, 4) is 0 Å². The number of pyridine rings is 1. The molecular weight excluding hydrogens is 441 g/mol. The van der Waals surface area contributed by atoms with Crippen molar-refractivity contribution in [2.24, 2.45) is 10.9 Å². The largest absolute Gasteiger partial charge is 0.378 e. The van der Waals surface area contributed by atoms with Crippen LogP contribution in [0.2, 0.25) is 0 Å². The smallest absolute Gasteiger partial charge is 0.191 e. The first-order valence-electron chi connectivity index (χ1n) is 9.57. The Balaban J connectivity index is 0.00000338. The first-order chi connectivity index (χ1) is 12.3. The molecule has 0 saturated carbocycles. The number of morpholine rings is 1. The molecule has 1 aliphatic rings. The van der Waals surface area contributed by atoms with Gasteiger partial charge in [0.1, 0.15) is 5.82 Å². The van der Waals surface area contributed by atoms with Gasteiger partial charge in [-0.1, -0.05) is 32.8 Å². The summed E-state index contributed by atoms with van der Waals surface area (Å²) in [6.45, 7) is 12.3. The molecule has 0 spiro atoms. The van der Waals surface area contributed by atoms with E-state index in [1.807, 2.05) is 12.3 Å². The molecule has 1 fully saturated rings. The van der Waals surface area contributed by atoms with E-state index < -0.39 is 0 Å². The third kappa shape index (κ3) is 7.26. The topological polar surface area (TPSA) is 61.8 Å². The van der Waals surface area contributed by atoms with Crippen LogP contribution < -0.4 is 15.5 Å². The van der Waals surface area contributed by atoms with Crippen LogP contribution in [-0.2, 0) is 11.3 Å². The summed E-state index contributed by atoms with van der Waals surface area (Å²) in [5, 5.41) is 6.82. The predicted octanol–water partition coefficient (Wildman–Crippen LogP) is 3.03. The van der Waals surface area contributed by atoms with Crippen molar-refractivity contribution in [3.05, 3.63) is 23.9 Å². The Bertz CT molecular complexity index is 530. The van der Waals surface area contributed by atoms with Crippen molar-refractivity contribution in [1.82, 2.24) is 15.6 Å². The van der Waals surface area contributed by atoms with Crippen LogP contribution in [0.3, 0.4) is 0 Å². The van der Waals surface area contributed by atoms with Crippen molar-refractivity contribution in [2.45, 2.75) is 40.2 Å². The van der Waals surface area contributed by atoms with Crippen LogP contribution in [0.25, 0.3) is 0 Å². The van der Waals surface area contributed by atoms with Gasteiger partial charge in [-0.3, -0.25) is 0 Å². The highest BCUT2D eigenvalue weighted by molar-refractivity contribution is 14.0. The standard InChI is InChI=1S/C19H33N5O.HI/c1-4-16(5-2)14-22-19(20-6-3)23-15-17-8-7-9-21-18(17)24-10-12-25-13-11-24;/h7-9,16H,4-6,10-15H2,1-3H3,(H2,20,22,23);1H. The Morgan fingerprint density at radius 2 is 1.96 bits per heavy atom. The number of aromatic nitrogens is 1. The molecule has 7 heteroatoms. The number of aliphatic imine (C=N–C) groups is 1. The lowest BCUT2D eigenvalue weighted by Crippen LogP contribution is -2.40. The average molecular weight is 475 g/mol. The molecule has 26 heavy (non-hydrogen) atoms. The molecule has 2 heterocycles. The number of guanidine groups is 1. The van der Waals surface area contributed by atoms with E-state index in [9.17, 15) is 0 Å². The molecule has 1 aliphatic heterocycles. The highest BCUT2D eigenvalue weighted by Gasteiger charge is 2.15. The number of anilines is 1. The lowest BCUT2D eigenvalue weighted by molar-refractivity contribution is 0.122. The van der Waals surface area contributed by atoms with Crippen LogP contribution in [0.15, 0.2) is 23.3 Å². The van der Waals surface area contributed by atoms with Crippen molar-refractivity contribution >= 4 is 35.8 Å². The maximum atomic E-state index is 5.45. The summed E-state index contributed by atoms with van der Waals surface area (Å²) < 4.78 is 5.45. The van der Waals surface area contributed by atoms with E-state index in [1.54, 1.807) is 0 Å². The van der Waals surface area contributed by atoms with E-state index in [0.717, 1.165) is 56.7 Å². The summed E-state index contributed by atoms with van der Waals surface area (Å²) in [5.74, 6) is 2.60. The van der Waals surface area contributed by atoms with Gasteiger partial charge in [-0.25, -0.2) is 9.98 Å². The zero-order chi connectivity index (χ0) is 17.9. The second kappa shape index (κ2) is 13.1. The fraction of sp³-hybridized carbons (Fsp3) is 0.684. The normalized spacial score (nSPS) is 14.9. The summed E-state index contributed by atoms with van der Waals surface area (Å²) in [6.07, 6.45) is 4.23. The Kier molecular flexibility index (Phi) is 11.6. The number of hydrogen-bond donors (Lipinski definition) is 2. The Morgan fingerprint density at radius 3 is 2.62 bits per heavy atom. The summed E-state index contributed by atoms with van der Waals surface area (Å²) in [4.78, 5) is 11.7. The summed E-state index contributed by atoms with van der Waals surface area (Å²) in [7, 11) is 0. The van der Waals surface area contributed by atoms with Crippen LogP contribution in [0.1, 0.15) is 39.2 Å². The summed E-state index contributed by atoms with van der Waals surface area (Å²) >= 11 is 0. The zero-order valence-electron chi connectivity index (χ0n) is 16.3. The third-order valence-corrected chi connectivity index (χ3v) is 4.64. The molecule has 148 valence electrons. The van der Waals surface area contributed by atoms with Crippen molar-refractivity contribution in [3.63, 3.8) is 0 Å². The van der Waals surface area contributed by atoms with Gasteiger partial charge in [-0.15, -0.1) is 24.0 Å². The number of nitrogens with zero attached hydrogens (tertiary/aromatic N) is 3. The lowest BCUT2D eigenvalue weighted by Gasteiger charge is -2.29. The minimum Gasteiger partial charge on any atom is -0.378 e. The molecule has 0 atom stereocenters. The van der Waals surface area contributed by atoms with Crippen LogP contribution in [0.5, 0.6) is 0 Å². The molecule has 0 aromatic carbocycles. The van der Waals surface area contributed by atoms with E-state index in [2.05, 4.69) is 47.4 Å². The predicted molar refractivity (Wildman–Crippen MR) is 120 cm³/mol. The number of ether oxygens (including phenoxy) is 1. The first-order valence-corrected chi connectivity index (χ1v) is 9.57. The van der Waals surface area contributed by atoms with Crippen LogP contribution in [0.4, 0.5) is 5.82 Å². The average Bonchev–Trinajstić information content (AvgIpc) is 2.67. The molecule has 6 nitrogen and oxygen atoms in total. The summed E-state index contributed by atoms with van der Waals surface area (Å²) in [5.41, 5.74) is 1.16. The van der Waals surface area contributed by atoms with Gasteiger partial charge in [0.25, 0.3) is 0 Å². The van der Waals surface area contributed by atoms with Gasteiger partial charge in [0.05, 0.1) is 19.8 Å². The Hall–Kier alpha value is -1.09. The van der Waals surface area contributed by atoms with Gasteiger partial charge in [-0.2, -0.15) is 0 Å². The second-order valence-electron chi connectivity index (χ2n) is 6.34. The minimum atomic E-state index is 0. The molecule has 2 rings (SSSR count). The Morgan fingerprint density at radius 1 is 1.23 bits per heavy atom. The molecule has 0 aliphatic carbocycles. The van der Waals surface area contributed by atoms with Crippen LogP contribution in [-0.4, -0.2) is 50.3 Å². The quantitative estimate of drug-likeness (QED) is 0.344. The first kappa shape index (κ1) is 23.0. The third-order valence-electron chi connectivity index (χ3n) is 4.64. The van der Waals surface area contributed by atoms with Crippen LogP contribution >= 0.6 is 24.0 Å². The van der Waals surface area contributed by atoms with Gasteiger partial charge in [0.2, 0.25) is 0 Å². The molecule has 0 bridgehead atoms. The molecule has 0 amide bonds. The van der Waals surface area contributed by atoms with E-state index >= 15 is 0 Å². The molecule has 1 saturated heterocycles. The van der Waals surface area contributed by atoms with Crippen molar-refractivity contribution in [1.29, 1.82) is 0 Å². The Labute approximate surface area is 175 Å². The number of nitrogens with one attached hydrogen (secondary N) is 2. The number of hydrogen-bond acceptors (Lipinski definition) is 4. The second-order valence-corrected chi connectivity index (χ2v) is 6.34. The zero-order valence-corrected chi connectivity index (χ0v) is 18.7. The van der Waals surface area contributed by atoms with Gasteiger partial charge in [0, 0.05) is 37.9 Å². The fourth-order valence-electron chi connectivity index (χ4n) is 2.94. The van der Waals surface area contributed by atoms with E-state index in [0.29, 0.717) is 12.5 Å². The van der Waals surface area contributed by atoms with Gasteiger partial charge < -0.3 is 20.3 Å². The molecular formula is C19H34IN5O. The van der Waals surface area contributed by atoms with Gasteiger partial charge in [0.15, 0.2) is 5.96 Å². The lowest BCUT2D eigenvalue weighted by atomic mass is 10.0. The van der Waals surface area contributed by atoms with E-state index in [-0.39, 0.29) is 24.0 Å². The fourth-order valence-corrected chi connectivity index (χ4v) is 2.94. The van der Waals surface area contributed by atoms with E-state index in [1.165, 1.54) is 12.8 Å². The van der Waals surface area contributed by atoms with Crippen molar-refractivity contribution in [2.75, 3.05) is 44.3 Å². The maximum Gasteiger partial charge on any atom is 0.191 e. The minimum absolute atomic E-state index is 0. The van der Waals surface area contributed by atoms with Crippen molar-refractivity contribution < 1.29 is 4.74 Å². The number of rotatable bonds is 8. The molecule has 1 aromatic heterocycles. The summed E-state index contributed by atoms with van der Waals surface area (Å²) in [6, 6.07) is 4.10. The monoisotopic (exact) mass is 475 g/mol. The SMILES string of the molecule is CCNC(=NCc1cccnc1N1CCOCC1)NCC(CC)CC.I. The molecule has 2 N–H and O–H groups in total. The molecule has 1 aromatic rings. The molecule has 0 radical (unpaired) electrons. The highest BCUT2D eigenvalue weighted by atomic mass is 127. The number of halogens is 1. The van der Waals surface area contributed by atoms with Gasteiger partial charge >= 0.3 is 0 Å². The maximum absolute atomic E-state index is 5.45. The van der Waals surface area contributed by atoms with Crippen LogP contribution in [0, 0.1) is 5.92 Å². The molecule has 0 unspecified atom stereocenters. The highest BCUT2D eigenvalue weighted by Crippen LogP contribution is 2.19. The van der Waals surface area contributed by atoms with E-state index in [4.69, 9.17) is 9.73 Å². The van der Waals surface area contributed by atoms with Gasteiger partial charge in [-0.05, 0) is 18.9 Å².